The molecule has 4 nitrogen and oxygen atoms in total. The van der Waals surface area contributed by atoms with Crippen molar-refractivity contribution in [1.82, 2.24) is 15.6 Å². The van der Waals surface area contributed by atoms with E-state index in [2.05, 4.69) is 41.4 Å². The standard InChI is InChI=1S/C14H26N4S/c1-4-7-8-9-16-14(15-6-3)18-11-13-17-10-12(5-2)19-13/h10H,4-9,11H2,1-3H3,(H2,15,16,18). The number of nitrogens with zero attached hydrogens (tertiary/aromatic N) is 2. The van der Waals surface area contributed by atoms with Gasteiger partial charge in [-0.25, -0.2) is 9.98 Å². The second kappa shape index (κ2) is 9.78. The number of aryl methyl sites for hydroxylation is 1. The van der Waals surface area contributed by atoms with Gasteiger partial charge < -0.3 is 10.6 Å². The van der Waals surface area contributed by atoms with Crippen molar-refractivity contribution < 1.29 is 0 Å². The van der Waals surface area contributed by atoms with Crippen molar-refractivity contribution in [2.75, 3.05) is 13.1 Å². The molecule has 2 N–H and O–H groups in total. The van der Waals surface area contributed by atoms with E-state index in [1.165, 1.54) is 24.1 Å². The average molecular weight is 282 g/mol. The van der Waals surface area contributed by atoms with Crippen LogP contribution in [0.15, 0.2) is 11.2 Å². The second-order valence-electron chi connectivity index (χ2n) is 4.40. The summed E-state index contributed by atoms with van der Waals surface area (Å²) < 4.78 is 0. The van der Waals surface area contributed by atoms with Crippen LogP contribution in [0, 0.1) is 0 Å². The minimum Gasteiger partial charge on any atom is -0.357 e. The van der Waals surface area contributed by atoms with E-state index in [9.17, 15) is 0 Å². The molecule has 0 saturated heterocycles. The van der Waals surface area contributed by atoms with E-state index >= 15 is 0 Å². The van der Waals surface area contributed by atoms with Gasteiger partial charge >= 0.3 is 0 Å². The van der Waals surface area contributed by atoms with Crippen LogP contribution < -0.4 is 10.6 Å². The van der Waals surface area contributed by atoms with Crippen molar-refractivity contribution in [3.05, 3.63) is 16.1 Å². The van der Waals surface area contributed by atoms with E-state index < -0.39 is 0 Å². The molecule has 0 aromatic carbocycles. The van der Waals surface area contributed by atoms with Crippen LogP contribution in [0.3, 0.4) is 0 Å². The minimum absolute atomic E-state index is 0.660. The fourth-order valence-electron chi connectivity index (χ4n) is 1.65. The molecule has 0 amide bonds. The monoisotopic (exact) mass is 282 g/mol. The summed E-state index contributed by atoms with van der Waals surface area (Å²) in [6.07, 6.45) is 6.71. The predicted molar refractivity (Wildman–Crippen MR) is 83.8 cm³/mol. The third kappa shape index (κ3) is 6.57. The molecule has 1 rings (SSSR count). The van der Waals surface area contributed by atoms with Gasteiger partial charge in [-0.1, -0.05) is 26.7 Å². The highest BCUT2D eigenvalue weighted by atomic mass is 32.1. The zero-order valence-corrected chi connectivity index (χ0v) is 13.1. The first-order chi connectivity index (χ1) is 9.30. The minimum atomic E-state index is 0.660. The molecule has 0 spiro atoms. The normalized spacial score (nSPS) is 11.6. The van der Waals surface area contributed by atoms with Gasteiger partial charge in [-0.15, -0.1) is 11.3 Å². The SMILES string of the molecule is CCCCCNC(=NCc1ncc(CC)s1)NCC. The highest BCUT2D eigenvalue weighted by molar-refractivity contribution is 7.11. The van der Waals surface area contributed by atoms with Gasteiger partial charge in [0.2, 0.25) is 0 Å². The molecule has 0 bridgehead atoms. The summed E-state index contributed by atoms with van der Waals surface area (Å²) in [4.78, 5) is 10.3. The number of aliphatic imine (C=N–C) groups is 1. The summed E-state index contributed by atoms with van der Waals surface area (Å²) in [5.74, 6) is 0.895. The second-order valence-corrected chi connectivity index (χ2v) is 5.60. The topological polar surface area (TPSA) is 49.3 Å². The van der Waals surface area contributed by atoms with Gasteiger partial charge in [-0.05, 0) is 19.8 Å². The lowest BCUT2D eigenvalue weighted by Gasteiger charge is -2.10. The Kier molecular flexibility index (Phi) is 8.21. The third-order valence-electron chi connectivity index (χ3n) is 2.74. The number of thiazole rings is 1. The van der Waals surface area contributed by atoms with Gasteiger partial charge in [0.15, 0.2) is 5.96 Å². The van der Waals surface area contributed by atoms with Gasteiger partial charge in [0.1, 0.15) is 5.01 Å². The molecular formula is C14H26N4S. The fourth-order valence-corrected chi connectivity index (χ4v) is 2.44. The van der Waals surface area contributed by atoms with Crippen LogP contribution in [0.4, 0.5) is 0 Å². The molecule has 0 saturated carbocycles. The van der Waals surface area contributed by atoms with Crippen molar-refractivity contribution >= 4 is 17.3 Å². The lowest BCUT2D eigenvalue weighted by Crippen LogP contribution is -2.37. The van der Waals surface area contributed by atoms with E-state index in [1.807, 2.05) is 6.20 Å². The number of hydrogen-bond donors (Lipinski definition) is 2. The first-order valence-corrected chi connectivity index (χ1v) is 8.07. The highest BCUT2D eigenvalue weighted by Gasteiger charge is 2.01. The molecule has 19 heavy (non-hydrogen) atoms. The van der Waals surface area contributed by atoms with Crippen LogP contribution in [-0.4, -0.2) is 24.0 Å². The van der Waals surface area contributed by atoms with Crippen LogP contribution in [0.2, 0.25) is 0 Å². The Morgan fingerprint density at radius 2 is 2.11 bits per heavy atom. The largest absolute Gasteiger partial charge is 0.357 e. The van der Waals surface area contributed by atoms with Crippen LogP contribution in [0.5, 0.6) is 0 Å². The average Bonchev–Trinajstić information content (AvgIpc) is 2.88. The molecule has 0 radical (unpaired) electrons. The number of nitrogens with one attached hydrogen (secondary N) is 2. The summed E-state index contributed by atoms with van der Waals surface area (Å²) in [5, 5.41) is 7.71. The summed E-state index contributed by atoms with van der Waals surface area (Å²) >= 11 is 1.75. The van der Waals surface area contributed by atoms with Crippen LogP contribution in [0.1, 0.15) is 49.9 Å². The summed E-state index contributed by atoms with van der Waals surface area (Å²) in [5.41, 5.74) is 0. The maximum absolute atomic E-state index is 4.57. The lowest BCUT2D eigenvalue weighted by molar-refractivity contribution is 0.683. The molecular weight excluding hydrogens is 256 g/mol. The molecule has 0 fully saturated rings. The fraction of sp³-hybridized carbons (Fsp3) is 0.714. The molecule has 0 unspecified atom stereocenters. The predicted octanol–water partition coefficient (Wildman–Crippen LogP) is 2.95. The van der Waals surface area contributed by atoms with Gasteiger partial charge in [0.05, 0.1) is 6.54 Å². The van der Waals surface area contributed by atoms with Gasteiger partial charge in [0.25, 0.3) is 0 Å². The number of guanidine groups is 1. The molecule has 0 atom stereocenters. The first-order valence-electron chi connectivity index (χ1n) is 7.25. The zero-order valence-electron chi connectivity index (χ0n) is 12.3. The Bertz CT molecular complexity index is 373. The van der Waals surface area contributed by atoms with E-state index in [1.54, 1.807) is 11.3 Å². The summed E-state index contributed by atoms with van der Waals surface area (Å²) in [6, 6.07) is 0. The maximum atomic E-state index is 4.57. The van der Waals surface area contributed by atoms with E-state index in [4.69, 9.17) is 0 Å². The summed E-state index contributed by atoms with van der Waals surface area (Å²) in [7, 11) is 0. The molecule has 1 aromatic rings. The van der Waals surface area contributed by atoms with Gasteiger partial charge in [-0.2, -0.15) is 0 Å². The Balaban J connectivity index is 2.42. The van der Waals surface area contributed by atoms with Gasteiger partial charge in [-0.3, -0.25) is 0 Å². The molecule has 108 valence electrons. The summed E-state index contributed by atoms with van der Waals surface area (Å²) in [6.45, 7) is 8.98. The Morgan fingerprint density at radius 3 is 2.74 bits per heavy atom. The zero-order chi connectivity index (χ0) is 13.9. The smallest absolute Gasteiger partial charge is 0.191 e. The van der Waals surface area contributed by atoms with Crippen molar-refractivity contribution in [1.29, 1.82) is 0 Å². The maximum Gasteiger partial charge on any atom is 0.191 e. The highest BCUT2D eigenvalue weighted by Crippen LogP contribution is 2.13. The number of unbranched alkanes of at least 4 members (excludes halogenated alkanes) is 2. The van der Waals surface area contributed by atoms with Gasteiger partial charge in [0, 0.05) is 24.2 Å². The van der Waals surface area contributed by atoms with E-state index in [0.717, 1.165) is 30.5 Å². The quantitative estimate of drug-likeness (QED) is 0.438. The molecule has 1 heterocycles. The van der Waals surface area contributed by atoms with E-state index in [-0.39, 0.29) is 0 Å². The van der Waals surface area contributed by atoms with Crippen molar-refractivity contribution in [3.63, 3.8) is 0 Å². The van der Waals surface area contributed by atoms with E-state index in [0.29, 0.717) is 6.54 Å². The van der Waals surface area contributed by atoms with Crippen molar-refractivity contribution in [3.8, 4) is 0 Å². The Hall–Kier alpha value is -1.10. The van der Waals surface area contributed by atoms with Crippen LogP contribution in [0.25, 0.3) is 0 Å². The molecule has 0 aliphatic rings. The Labute approximate surface area is 120 Å². The number of rotatable bonds is 8. The number of aromatic nitrogens is 1. The molecule has 5 heteroatoms. The first kappa shape index (κ1) is 16.0. The Morgan fingerprint density at radius 1 is 1.26 bits per heavy atom. The molecule has 1 aromatic heterocycles. The molecule has 0 aliphatic carbocycles. The van der Waals surface area contributed by atoms with Crippen molar-refractivity contribution in [2.24, 2.45) is 4.99 Å². The van der Waals surface area contributed by atoms with Crippen LogP contribution >= 0.6 is 11.3 Å². The third-order valence-corrected chi connectivity index (χ3v) is 3.87. The van der Waals surface area contributed by atoms with Crippen molar-refractivity contribution in [2.45, 2.75) is 53.0 Å². The van der Waals surface area contributed by atoms with Crippen LogP contribution in [-0.2, 0) is 13.0 Å². The molecule has 0 aliphatic heterocycles. The number of hydrogen-bond acceptors (Lipinski definition) is 3. The lowest BCUT2D eigenvalue weighted by atomic mass is 10.2.